The van der Waals surface area contributed by atoms with E-state index in [1.165, 1.54) is 5.56 Å². The summed E-state index contributed by atoms with van der Waals surface area (Å²) >= 11 is 0. The number of hydrogen-bond acceptors (Lipinski definition) is 4. The van der Waals surface area contributed by atoms with Crippen molar-refractivity contribution in [3.05, 3.63) is 102 Å². The average Bonchev–Trinajstić information content (AvgIpc) is 3.24. The van der Waals surface area contributed by atoms with Crippen molar-refractivity contribution in [3.63, 3.8) is 0 Å². The molecule has 4 aromatic rings. The number of carbonyl (C=O) groups excluding carboxylic acids is 1. The topological polar surface area (TPSA) is 68.5 Å². The second-order valence-corrected chi connectivity index (χ2v) is 7.43. The zero-order valence-electron chi connectivity index (χ0n) is 18.0. The van der Waals surface area contributed by atoms with Gasteiger partial charge in [-0.3, -0.25) is 4.79 Å². The molecule has 0 aliphatic carbocycles. The Bertz CT molecular complexity index is 1230. The Balaban J connectivity index is 1.50. The smallest absolute Gasteiger partial charge is 0.277 e. The van der Waals surface area contributed by atoms with Crippen LogP contribution in [0.2, 0.25) is 0 Å². The summed E-state index contributed by atoms with van der Waals surface area (Å²) in [6.07, 6.45) is 3.50. The number of rotatable bonds is 7. The van der Waals surface area contributed by atoms with Crippen molar-refractivity contribution in [1.82, 2.24) is 15.2 Å². The fourth-order valence-corrected chi connectivity index (χ4v) is 3.20. The van der Waals surface area contributed by atoms with Crippen molar-refractivity contribution in [3.8, 4) is 22.7 Å². The molecule has 3 aromatic carbocycles. The summed E-state index contributed by atoms with van der Waals surface area (Å²) in [7, 11) is 0. The van der Waals surface area contributed by atoms with Gasteiger partial charge in [-0.2, -0.15) is 10.2 Å². The van der Waals surface area contributed by atoms with Crippen molar-refractivity contribution in [2.75, 3.05) is 6.61 Å². The Morgan fingerprint density at radius 2 is 1.72 bits per heavy atom. The minimum atomic E-state index is -0.336. The van der Waals surface area contributed by atoms with E-state index in [2.05, 4.69) is 10.5 Å². The highest BCUT2D eigenvalue weighted by Gasteiger charge is 2.11. The molecule has 6 heteroatoms. The van der Waals surface area contributed by atoms with Crippen LogP contribution in [0.5, 0.6) is 5.75 Å². The zero-order valence-corrected chi connectivity index (χ0v) is 18.0. The van der Waals surface area contributed by atoms with Crippen LogP contribution in [0.3, 0.4) is 0 Å². The van der Waals surface area contributed by atoms with E-state index in [0.29, 0.717) is 5.75 Å². The number of benzene rings is 3. The molecule has 0 radical (unpaired) electrons. The molecule has 1 amide bonds. The van der Waals surface area contributed by atoms with Gasteiger partial charge in [0.15, 0.2) is 6.61 Å². The number of ether oxygens (including phenoxy) is 1. The number of amides is 1. The summed E-state index contributed by atoms with van der Waals surface area (Å²) < 4.78 is 7.37. The number of nitrogens with one attached hydrogen (secondary N) is 1. The molecule has 0 atom stereocenters. The van der Waals surface area contributed by atoms with Crippen molar-refractivity contribution in [2.45, 2.75) is 13.8 Å². The summed E-state index contributed by atoms with van der Waals surface area (Å²) in [6, 6.07) is 25.6. The Hall–Kier alpha value is -4.19. The number of aryl methyl sites for hydroxylation is 2. The van der Waals surface area contributed by atoms with Crippen LogP contribution in [0.25, 0.3) is 16.9 Å². The normalized spacial score (nSPS) is 10.9. The van der Waals surface area contributed by atoms with Gasteiger partial charge < -0.3 is 4.74 Å². The lowest BCUT2D eigenvalue weighted by Crippen LogP contribution is -2.24. The molecule has 4 rings (SSSR count). The van der Waals surface area contributed by atoms with Gasteiger partial charge in [-0.25, -0.2) is 10.1 Å². The van der Waals surface area contributed by atoms with Gasteiger partial charge in [0.25, 0.3) is 5.91 Å². The van der Waals surface area contributed by atoms with Gasteiger partial charge in [-0.15, -0.1) is 0 Å². The van der Waals surface area contributed by atoms with Gasteiger partial charge in [0, 0.05) is 17.3 Å². The van der Waals surface area contributed by atoms with Crippen LogP contribution in [0.1, 0.15) is 16.7 Å². The first kappa shape index (κ1) is 21.1. The van der Waals surface area contributed by atoms with Crippen molar-refractivity contribution < 1.29 is 9.53 Å². The van der Waals surface area contributed by atoms with Crippen LogP contribution >= 0.6 is 0 Å². The largest absolute Gasteiger partial charge is 0.483 e. The maximum absolute atomic E-state index is 12.2. The molecule has 1 heterocycles. The van der Waals surface area contributed by atoms with Crippen LogP contribution < -0.4 is 10.2 Å². The van der Waals surface area contributed by atoms with E-state index in [-0.39, 0.29) is 12.5 Å². The van der Waals surface area contributed by atoms with Gasteiger partial charge in [-0.1, -0.05) is 66.2 Å². The molecular weight excluding hydrogens is 400 g/mol. The minimum Gasteiger partial charge on any atom is -0.483 e. The van der Waals surface area contributed by atoms with E-state index in [4.69, 9.17) is 9.84 Å². The van der Waals surface area contributed by atoms with E-state index in [0.717, 1.165) is 28.1 Å². The first-order valence-corrected chi connectivity index (χ1v) is 10.3. The lowest BCUT2D eigenvalue weighted by Gasteiger charge is -2.07. The summed E-state index contributed by atoms with van der Waals surface area (Å²) in [4.78, 5) is 12.2. The monoisotopic (exact) mass is 424 g/mol. The number of nitrogens with zero attached hydrogens (tertiary/aromatic N) is 3. The number of para-hydroxylation sites is 2. The maximum atomic E-state index is 12.2. The molecule has 160 valence electrons. The third kappa shape index (κ3) is 5.10. The predicted octanol–water partition coefficient (Wildman–Crippen LogP) is 4.69. The summed E-state index contributed by atoms with van der Waals surface area (Å²) in [5.41, 5.74) is 8.16. The number of hydrazone groups is 1. The number of hydrogen-bond donors (Lipinski definition) is 1. The van der Waals surface area contributed by atoms with Crippen LogP contribution in [-0.2, 0) is 4.79 Å². The number of aromatic nitrogens is 2. The second-order valence-electron chi connectivity index (χ2n) is 7.43. The maximum Gasteiger partial charge on any atom is 0.277 e. The van der Waals surface area contributed by atoms with E-state index >= 15 is 0 Å². The molecule has 0 fully saturated rings. The SMILES string of the molecule is Cc1ccc(-c2nn(-c3ccccc3)cc2C=NNC(=O)COc2ccccc2C)cc1. The Kier molecular flexibility index (Phi) is 6.41. The van der Waals surface area contributed by atoms with E-state index in [1.807, 2.05) is 98.9 Å². The highest BCUT2D eigenvalue weighted by molar-refractivity contribution is 5.89. The van der Waals surface area contributed by atoms with Crippen molar-refractivity contribution in [2.24, 2.45) is 5.10 Å². The predicted molar refractivity (Wildman–Crippen MR) is 126 cm³/mol. The van der Waals surface area contributed by atoms with Crippen LogP contribution in [0, 0.1) is 13.8 Å². The third-order valence-electron chi connectivity index (χ3n) is 4.93. The molecule has 6 nitrogen and oxygen atoms in total. The third-order valence-corrected chi connectivity index (χ3v) is 4.93. The Labute approximate surface area is 187 Å². The molecule has 32 heavy (non-hydrogen) atoms. The van der Waals surface area contributed by atoms with Gasteiger partial charge in [0.2, 0.25) is 0 Å². The first-order chi connectivity index (χ1) is 15.6. The fraction of sp³-hybridized carbons (Fsp3) is 0.115. The molecule has 0 aliphatic rings. The van der Waals surface area contributed by atoms with Gasteiger partial charge >= 0.3 is 0 Å². The molecular formula is C26H24N4O2. The molecule has 0 spiro atoms. The van der Waals surface area contributed by atoms with Crippen LogP contribution in [0.4, 0.5) is 0 Å². The summed E-state index contributed by atoms with van der Waals surface area (Å²) in [5, 5.41) is 8.88. The summed E-state index contributed by atoms with van der Waals surface area (Å²) in [6.45, 7) is 3.86. The lowest BCUT2D eigenvalue weighted by atomic mass is 10.1. The van der Waals surface area contributed by atoms with Crippen LogP contribution in [0.15, 0.2) is 90.2 Å². The average molecular weight is 425 g/mol. The first-order valence-electron chi connectivity index (χ1n) is 10.3. The van der Waals surface area contributed by atoms with Gasteiger partial charge in [-0.05, 0) is 37.6 Å². The number of carbonyl (C=O) groups is 1. The van der Waals surface area contributed by atoms with Crippen molar-refractivity contribution in [1.29, 1.82) is 0 Å². The van der Waals surface area contributed by atoms with E-state index in [9.17, 15) is 4.79 Å². The van der Waals surface area contributed by atoms with Gasteiger partial charge in [0.1, 0.15) is 11.4 Å². The van der Waals surface area contributed by atoms with Crippen molar-refractivity contribution >= 4 is 12.1 Å². The fourth-order valence-electron chi connectivity index (χ4n) is 3.20. The highest BCUT2D eigenvalue weighted by atomic mass is 16.5. The quantitative estimate of drug-likeness (QED) is 0.346. The van der Waals surface area contributed by atoms with E-state index in [1.54, 1.807) is 10.9 Å². The molecule has 0 saturated carbocycles. The Morgan fingerprint density at radius 1 is 1.00 bits per heavy atom. The van der Waals surface area contributed by atoms with Gasteiger partial charge in [0.05, 0.1) is 11.9 Å². The standard InChI is InChI=1S/C26H24N4O2/c1-19-12-14-21(15-13-19)26-22(17-30(29-26)23-9-4-3-5-10-23)16-27-28-25(31)18-32-24-11-7-6-8-20(24)2/h3-17H,18H2,1-2H3,(H,28,31). The Morgan fingerprint density at radius 3 is 2.47 bits per heavy atom. The van der Waals surface area contributed by atoms with Crippen LogP contribution in [-0.4, -0.2) is 28.5 Å². The second kappa shape index (κ2) is 9.75. The minimum absolute atomic E-state index is 0.115. The zero-order chi connectivity index (χ0) is 22.3. The molecule has 0 aliphatic heterocycles. The highest BCUT2D eigenvalue weighted by Crippen LogP contribution is 2.23. The van der Waals surface area contributed by atoms with E-state index < -0.39 is 0 Å². The summed E-state index contributed by atoms with van der Waals surface area (Å²) in [5.74, 6) is 0.342. The lowest BCUT2D eigenvalue weighted by molar-refractivity contribution is -0.123. The molecule has 1 N–H and O–H groups in total. The molecule has 0 bridgehead atoms. The molecule has 0 unspecified atom stereocenters. The molecule has 0 saturated heterocycles. The molecule has 1 aromatic heterocycles.